The molecule has 0 bridgehead atoms. The summed E-state index contributed by atoms with van der Waals surface area (Å²) in [6, 6.07) is 13.9. The maximum Gasteiger partial charge on any atom is 0.260 e. The minimum absolute atomic E-state index is 0.0452. The van der Waals surface area contributed by atoms with Crippen LogP contribution in [-0.2, 0) is 6.42 Å². The highest BCUT2D eigenvalue weighted by Gasteiger charge is 2.37. The fourth-order valence-corrected chi connectivity index (χ4v) is 3.24. The van der Waals surface area contributed by atoms with E-state index in [2.05, 4.69) is 11.4 Å². The Morgan fingerprint density at radius 1 is 1.24 bits per heavy atom. The van der Waals surface area contributed by atoms with Crippen molar-refractivity contribution in [1.82, 2.24) is 0 Å². The highest BCUT2D eigenvalue weighted by Crippen LogP contribution is 2.37. The number of fused-ring (bicyclic) bond motifs is 4. The second-order valence-corrected chi connectivity index (χ2v) is 5.45. The number of hydrogen-bond acceptors (Lipinski definition) is 3. The van der Waals surface area contributed by atoms with Crippen LogP contribution >= 0.6 is 0 Å². The standard InChI is InChI=1S/C17H16N2O2/c1-21-13-6-7-15-14(9-13)17(20)19-12(10-18-15)8-11-4-2-3-5-16(11)19/h2-7,9,12,18H,8,10H2,1H3/t12-/m0/s1. The number of nitrogens with one attached hydrogen (secondary N) is 1. The van der Waals surface area contributed by atoms with Gasteiger partial charge >= 0.3 is 0 Å². The number of amides is 1. The molecule has 2 aromatic carbocycles. The number of para-hydroxylation sites is 1. The third kappa shape index (κ3) is 1.79. The minimum atomic E-state index is 0.0452. The van der Waals surface area contributed by atoms with Crippen LogP contribution in [0, 0.1) is 0 Å². The first-order chi connectivity index (χ1) is 10.3. The Morgan fingerprint density at radius 2 is 2.10 bits per heavy atom. The molecule has 21 heavy (non-hydrogen) atoms. The van der Waals surface area contributed by atoms with E-state index >= 15 is 0 Å². The van der Waals surface area contributed by atoms with Crippen LogP contribution in [0.3, 0.4) is 0 Å². The van der Waals surface area contributed by atoms with Crippen LogP contribution in [0.25, 0.3) is 0 Å². The molecule has 1 atom stereocenters. The number of nitrogens with zero attached hydrogens (tertiary/aromatic N) is 1. The molecule has 2 heterocycles. The second-order valence-electron chi connectivity index (χ2n) is 5.45. The average molecular weight is 280 g/mol. The largest absolute Gasteiger partial charge is 0.497 e. The highest BCUT2D eigenvalue weighted by atomic mass is 16.5. The lowest BCUT2D eigenvalue weighted by atomic mass is 10.1. The van der Waals surface area contributed by atoms with Crippen molar-refractivity contribution < 1.29 is 9.53 Å². The average Bonchev–Trinajstić information content (AvgIpc) is 2.84. The fourth-order valence-electron chi connectivity index (χ4n) is 3.24. The normalized spacial score (nSPS) is 19.2. The SMILES string of the molecule is COc1ccc2c(c1)C(=O)N1c3ccccc3C[C@H]1CN2. The van der Waals surface area contributed by atoms with Crippen LogP contribution in [0.5, 0.6) is 5.75 Å². The number of rotatable bonds is 1. The third-order valence-corrected chi connectivity index (χ3v) is 4.28. The van der Waals surface area contributed by atoms with Gasteiger partial charge in [-0.2, -0.15) is 0 Å². The summed E-state index contributed by atoms with van der Waals surface area (Å²) in [4.78, 5) is 14.9. The molecule has 4 heteroatoms. The summed E-state index contributed by atoms with van der Waals surface area (Å²) in [5.74, 6) is 0.749. The molecule has 2 aliphatic rings. The van der Waals surface area contributed by atoms with Gasteiger partial charge in [-0.05, 0) is 36.2 Å². The van der Waals surface area contributed by atoms with E-state index in [4.69, 9.17) is 4.74 Å². The number of hydrogen-bond donors (Lipinski definition) is 1. The Morgan fingerprint density at radius 3 is 2.95 bits per heavy atom. The summed E-state index contributed by atoms with van der Waals surface area (Å²) < 4.78 is 5.25. The zero-order valence-corrected chi connectivity index (χ0v) is 11.8. The van der Waals surface area contributed by atoms with Gasteiger partial charge in [-0.3, -0.25) is 4.79 Å². The number of carbonyl (C=O) groups is 1. The lowest BCUT2D eigenvalue weighted by Crippen LogP contribution is -2.39. The Hall–Kier alpha value is -2.49. The molecular weight excluding hydrogens is 264 g/mol. The Kier molecular flexibility index (Phi) is 2.64. The Labute approximate surface area is 123 Å². The monoisotopic (exact) mass is 280 g/mol. The van der Waals surface area contributed by atoms with E-state index in [1.54, 1.807) is 7.11 Å². The molecule has 106 valence electrons. The third-order valence-electron chi connectivity index (χ3n) is 4.28. The minimum Gasteiger partial charge on any atom is -0.497 e. The first-order valence-electron chi connectivity index (χ1n) is 7.11. The Balaban J connectivity index is 1.83. The molecule has 0 aliphatic carbocycles. The van der Waals surface area contributed by atoms with Gasteiger partial charge in [-0.1, -0.05) is 18.2 Å². The van der Waals surface area contributed by atoms with Crippen LogP contribution in [-0.4, -0.2) is 25.6 Å². The first-order valence-corrected chi connectivity index (χ1v) is 7.11. The molecule has 0 saturated heterocycles. The zero-order valence-electron chi connectivity index (χ0n) is 11.8. The quantitative estimate of drug-likeness (QED) is 0.873. The summed E-state index contributed by atoms with van der Waals surface area (Å²) in [7, 11) is 1.62. The van der Waals surface area contributed by atoms with E-state index in [0.717, 1.165) is 24.3 Å². The van der Waals surface area contributed by atoms with Crippen molar-refractivity contribution in [3.8, 4) is 5.75 Å². The smallest absolute Gasteiger partial charge is 0.260 e. The van der Waals surface area contributed by atoms with Gasteiger partial charge in [-0.15, -0.1) is 0 Å². The van der Waals surface area contributed by atoms with Crippen molar-refractivity contribution in [2.75, 3.05) is 23.9 Å². The molecule has 0 saturated carbocycles. The maximum absolute atomic E-state index is 13.0. The van der Waals surface area contributed by atoms with Crippen LogP contribution in [0.4, 0.5) is 11.4 Å². The summed E-state index contributed by atoms with van der Waals surface area (Å²) in [5.41, 5.74) is 3.83. The van der Waals surface area contributed by atoms with Crippen LogP contribution in [0.15, 0.2) is 42.5 Å². The van der Waals surface area contributed by atoms with Crippen molar-refractivity contribution in [1.29, 1.82) is 0 Å². The number of methoxy groups -OCH3 is 1. The predicted molar refractivity (Wildman–Crippen MR) is 82.2 cm³/mol. The predicted octanol–water partition coefficient (Wildman–Crippen LogP) is 2.69. The van der Waals surface area contributed by atoms with Crippen molar-refractivity contribution in [2.24, 2.45) is 0 Å². The van der Waals surface area contributed by atoms with E-state index in [0.29, 0.717) is 11.3 Å². The molecule has 0 spiro atoms. The van der Waals surface area contributed by atoms with E-state index in [9.17, 15) is 4.79 Å². The summed E-state index contributed by atoms with van der Waals surface area (Å²) in [5, 5.41) is 3.40. The molecule has 0 aromatic heterocycles. The molecule has 1 amide bonds. The van der Waals surface area contributed by atoms with Crippen LogP contribution < -0.4 is 15.0 Å². The van der Waals surface area contributed by atoms with Gasteiger partial charge in [0, 0.05) is 17.9 Å². The van der Waals surface area contributed by atoms with Crippen molar-refractivity contribution in [3.05, 3.63) is 53.6 Å². The Bertz CT molecular complexity index is 726. The molecular formula is C17H16N2O2. The molecule has 1 N–H and O–H groups in total. The molecule has 2 aromatic rings. The lowest BCUT2D eigenvalue weighted by Gasteiger charge is -2.22. The molecule has 0 fully saturated rings. The van der Waals surface area contributed by atoms with E-state index in [1.807, 2.05) is 41.3 Å². The summed E-state index contributed by atoms with van der Waals surface area (Å²) in [6.07, 6.45) is 0.903. The first kappa shape index (κ1) is 12.3. The van der Waals surface area contributed by atoms with Gasteiger partial charge in [0.25, 0.3) is 5.91 Å². The zero-order chi connectivity index (χ0) is 14.4. The van der Waals surface area contributed by atoms with E-state index < -0.39 is 0 Å². The van der Waals surface area contributed by atoms with Crippen LogP contribution in [0.2, 0.25) is 0 Å². The molecule has 2 aliphatic heterocycles. The van der Waals surface area contributed by atoms with Gasteiger partial charge in [0.15, 0.2) is 0 Å². The lowest BCUT2D eigenvalue weighted by molar-refractivity contribution is 0.0983. The molecule has 4 rings (SSSR count). The van der Waals surface area contributed by atoms with Gasteiger partial charge in [0.1, 0.15) is 5.75 Å². The van der Waals surface area contributed by atoms with Crippen molar-refractivity contribution in [3.63, 3.8) is 0 Å². The number of ether oxygens (including phenoxy) is 1. The van der Waals surface area contributed by atoms with Crippen molar-refractivity contribution >= 4 is 17.3 Å². The molecule has 0 radical (unpaired) electrons. The van der Waals surface area contributed by atoms with Gasteiger partial charge in [-0.25, -0.2) is 0 Å². The summed E-state index contributed by atoms with van der Waals surface area (Å²) >= 11 is 0. The van der Waals surface area contributed by atoms with E-state index in [1.165, 1.54) is 5.56 Å². The van der Waals surface area contributed by atoms with Gasteiger partial charge in [0.2, 0.25) is 0 Å². The fraction of sp³-hybridized carbons (Fsp3) is 0.235. The topological polar surface area (TPSA) is 41.6 Å². The molecule has 4 nitrogen and oxygen atoms in total. The van der Waals surface area contributed by atoms with Crippen LogP contribution in [0.1, 0.15) is 15.9 Å². The molecule has 0 unspecified atom stereocenters. The number of carbonyl (C=O) groups excluding carboxylic acids is 1. The number of benzene rings is 2. The van der Waals surface area contributed by atoms with Gasteiger partial charge in [0.05, 0.1) is 18.7 Å². The van der Waals surface area contributed by atoms with Crippen molar-refractivity contribution in [2.45, 2.75) is 12.5 Å². The van der Waals surface area contributed by atoms with Gasteiger partial charge < -0.3 is 15.0 Å². The summed E-state index contributed by atoms with van der Waals surface area (Å²) in [6.45, 7) is 0.764. The van der Waals surface area contributed by atoms with E-state index in [-0.39, 0.29) is 11.9 Å². The maximum atomic E-state index is 13.0. The second kappa shape index (κ2) is 4.52. The number of anilines is 2. The highest BCUT2D eigenvalue weighted by molar-refractivity contribution is 6.12.